The summed E-state index contributed by atoms with van der Waals surface area (Å²) in [6.07, 6.45) is 1.43. The number of benzene rings is 2. The molecule has 0 aliphatic rings. The molecule has 0 spiro atoms. The standard InChI is InChI=1S/C17H15NO5/c1-20-14-8-12-10-6-4-5-7-11(10)17(19)23-15(12)13(9-18-22-3)16(14)21-2/h4-9H,1-3H3/b18-9+. The number of oxime groups is 1. The molecule has 0 aliphatic heterocycles. The first-order chi connectivity index (χ1) is 11.2. The highest BCUT2D eigenvalue weighted by molar-refractivity contribution is 6.11. The molecule has 23 heavy (non-hydrogen) atoms. The Morgan fingerprint density at radius 3 is 2.43 bits per heavy atom. The lowest BCUT2D eigenvalue weighted by molar-refractivity contribution is 0.215. The Kier molecular flexibility index (Phi) is 3.89. The minimum Gasteiger partial charge on any atom is -0.493 e. The Balaban J connectivity index is 2.54. The van der Waals surface area contributed by atoms with Crippen LogP contribution in [0.15, 0.2) is 44.7 Å². The van der Waals surface area contributed by atoms with Gasteiger partial charge in [0, 0.05) is 10.8 Å². The second kappa shape index (κ2) is 6.00. The lowest BCUT2D eigenvalue weighted by Crippen LogP contribution is -2.03. The highest BCUT2D eigenvalue weighted by Gasteiger charge is 2.19. The lowest BCUT2D eigenvalue weighted by atomic mass is 10.0. The van der Waals surface area contributed by atoms with Crippen LogP contribution in [0.25, 0.3) is 21.7 Å². The van der Waals surface area contributed by atoms with Crippen LogP contribution < -0.4 is 15.1 Å². The van der Waals surface area contributed by atoms with Gasteiger partial charge in [-0.05, 0) is 12.1 Å². The van der Waals surface area contributed by atoms with E-state index >= 15 is 0 Å². The van der Waals surface area contributed by atoms with Gasteiger partial charge >= 0.3 is 5.63 Å². The van der Waals surface area contributed by atoms with Crippen molar-refractivity contribution in [2.24, 2.45) is 5.16 Å². The van der Waals surface area contributed by atoms with E-state index < -0.39 is 5.63 Å². The molecule has 3 rings (SSSR count). The number of hydrogen-bond acceptors (Lipinski definition) is 6. The van der Waals surface area contributed by atoms with E-state index in [1.165, 1.54) is 20.4 Å². The number of ether oxygens (including phenoxy) is 2. The molecule has 6 heteroatoms. The second-order valence-corrected chi connectivity index (χ2v) is 4.75. The summed E-state index contributed by atoms with van der Waals surface area (Å²) < 4.78 is 16.3. The average molecular weight is 313 g/mol. The smallest absolute Gasteiger partial charge is 0.344 e. The monoisotopic (exact) mass is 313 g/mol. The van der Waals surface area contributed by atoms with Crippen molar-refractivity contribution in [1.29, 1.82) is 0 Å². The van der Waals surface area contributed by atoms with Gasteiger partial charge in [0.1, 0.15) is 7.11 Å². The molecule has 0 saturated heterocycles. The maximum absolute atomic E-state index is 12.3. The zero-order chi connectivity index (χ0) is 16.4. The molecule has 1 heterocycles. The van der Waals surface area contributed by atoms with Crippen molar-refractivity contribution < 1.29 is 18.7 Å². The van der Waals surface area contributed by atoms with E-state index in [1.807, 2.05) is 12.1 Å². The summed E-state index contributed by atoms with van der Waals surface area (Å²) >= 11 is 0. The highest BCUT2D eigenvalue weighted by atomic mass is 16.6. The third kappa shape index (κ3) is 2.38. The summed E-state index contributed by atoms with van der Waals surface area (Å²) in [5.41, 5.74) is 0.422. The zero-order valence-electron chi connectivity index (χ0n) is 13.0. The number of fused-ring (bicyclic) bond motifs is 3. The predicted octanol–water partition coefficient (Wildman–Crippen LogP) is 2.94. The molecule has 0 aliphatic carbocycles. The maximum Gasteiger partial charge on any atom is 0.344 e. The Bertz CT molecular complexity index is 958. The molecule has 0 N–H and O–H groups in total. The van der Waals surface area contributed by atoms with E-state index in [0.29, 0.717) is 28.0 Å². The van der Waals surface area contributed by atoms with Gasteiger partial charge in [-0.3, -0.25) is 0 Å². The van der Waals surface area contributed by atoms with Gasteiger partial charge in [-0.2, -0.15) is 0 Å². The lowest BCUT2D eigenvalue weighted by Gasteiger charge is -2.13. The number of methoxy groups -OCH3 is 2. The molecule has 0 atom stereocenters. The van der Waals surface area contributed by atoms with Crippen molar-refractivity contribution in [3.63, 3.8) is 0 Å². The first kappa shape index (κ1) is 14.9. The van der Waals surface area contributed by atoms with Crippen LogP contribution in [0.2, 0.25) is 0 Å². The summed E-state index contributed by atoms with van der Waals surface area (Å²) in [4.78, 5) is 17.0. The molecule has 0 bridgehead atoms. The molecule has 0 radical (unpaired) electrons. The summed E-state index contributed by atoms with van der Waals surface area (Å²) in [5.74, 6) is 0.927. The highest BCUT2D eigenvalue weighted by Crippen LogP contribution is 2.38. The minimum absolute atomic E-state index is 0.368. The van der Waals surface area contributed by atoms with Gasteiger partial charge in [0.2, 0.25) is 0 Å². The van der Waals surface area contributed by atoms with Gasteiger partial charge in [0.25, 0.3) is 0 Å². The predicted molar refractivity (Wildman–Crippen MR) is 87.7 cm³/mol. The maximum atomic E-state index is 12.3. The van der Waals surface area contributed by atoms with Crippen LogP contribution in [0.1, 0.15) is 5.56 Å². The van der Waals surface area contributed by atoms with Crippen LogP contribution >= 0.6 is 0 Å². The molecule has 0 fully saturated rings. The fourth-order valence-corrected chi connectivity index (χ4v) is 2.58. The van der Waals surface area contributed by atoms with Crippen molar-refractivity contribution >= 4 is 28.0 Å². The van der Waals surface area contributed by atoms with Crippen molar-refractivity contribution in [3.8, 4) is 11.5 Å². The fourth-order valence-electron chi connectivity index (χ4n) is 2.58. The molecular weight excluding hydrogens is 298 g/mol. The van der Waals surface area contributed by atoms with Crippen molar-refractivity contribution in [3.05, 3.63) is 46.3 Å². The zero-order valence-corrected chi connectivity index (χ0v) is 13.0. The molecule has 3 aromatic rings. The van der Waals surface area contributed by atoms with Gasteiger partial charge in [0.05, 0.1) is 31.4 Å². The first-order valence-electron chi connectivity index (χ1n) is 6.88. The third-order valence-corrected chi connectivity index (χ3v) is 3.58. The van der Waals surface area contributed by atoms with Gasteiger partial charge in [-0.25, -0.2) is 4.79 Å². The normalized spacial score (nSPS) is 11.3. The Morgan fingerprint density at radius 1 is 1.04 bits per heavy atom. The largest absolute Gasteiger partial charge is 0.493 e. The summed E-state index contributed by atoms with van der Waals surface area (Å²) in [7, 11) is 4.48. The number of nitrogens with zero attached hydrogens (tertiary/aromatic N) is 1. The molecule has 2 aromatic carbocycles. The second-order valence-electron chi connectivity index (χ2n) is 4.75. The number of rotatable bonds is 4. The quantitative estimate of drug-likeness (QED) is 0.320. The van der Waals surface area contributed by atoms with Crippen LogP contribution in [-0.4, -0.2) is 27.5 Å². The van der Waals surface area contributed by atoms with E-state index in [2.05, 4.69) is 5.16 Å². The van der Waals surface area contributed by atoms with Gasteiger partial charge in [-0.1, -0.05) is 23.4 Å². The summed E-state index contributed by atoms with van der Waals surface area (Å²) in [6.45, 7) is 0. The average Bonchev–Trinajstić information content (AvgIpc) is 2.59. The molecule has 0 unspecified atom stereocenters. The van der Waals surface area contributed by atoms with E-state index in [4.69, 9.17) is 18.7 Å². The Morgan fingerprint density at radius 2 is 1.78 bits per heavy atom. The Hall–Kier alpha value is -3.02. The van der Waals surface area contributed by atoms with Crippen molar-refractivity contribution in [1.82, 2.24) is 0 Å². The summed E-state index contributed by atoms with van der Waals surface area (Å²) in [6, 6.07) is 9.02. The molecule has 6 nitrogen and oxygen atoms in total. The van der Waals surface area contributed by atoms with Crippen LogP contribution in [0.4, 0.5) is 0 Å². The number of hydrogen-bond donors (Lipinski definition) is 0. The van der Waals surface area contributed by atoms with Crippen LogP contribution in [-0.2, 0) is 4.84 Å². The van der Waals surface area contributed by atoms with E-state index in [-0.39, 0.29) is 0 Å². The minimum atomic E-state index is -0.424. The van der Waals surface area contributed by atoms with Crippen LogP contribution in [0.3, 0.4) is 0 Å². The van der Waals surface area contributed by atoms with Gasteiger partial charge in [0.15, 0.2) is 17.1 Å². The van der Waals surface area contributed by atoms with Crippen molar-refractivity contribution in [2.45, 2.75) is 0 Å². The van der Waals surface area contributed by atoms with Crippen LogP contribution in [0.5, 0.6) is 11.5 Å². The van der Waals surface area contributed by atoms with E-state index in [1.54, 1.807) is 25.3 Å². The third-order valence-electron chi connectivity index (χ3n) is 3.58. The summed E-state index contributed by atoms with van der Waals surface area (Å²) in [5, 5.41) is 5.77. The molecule has 0 amide bonds. The molecule has 118 valence electrons. The van der Waals surface area contributed by atoms with E-state index in [9.17, 15) is 4.79 Å². The molecule has 1 aromatic heterocycles. The SMILES string of the molecule is CO/N=C/c1c(OC)c(OC)cc2c1oc(=O)c1ccccc12. The first-order valence-corrected chi connectivity index (χ1v) is 6.88. The van der Waals surface area contributed by atoms with Gasteiger partial charge in [-0.15, -0.1) is 0 Å². The molecular formula is C17H15NO5. The molecule has 0 saturated carbocycles. The van der Waals surface area contributed by atoms with Gasteiger partial charge < -0.3 is 18.7 Å². The van der Waals surface area contributed by atoms with Crippen molar-refractivity contribution in [2.75, 3.05) is 21.3 Å². The van der Waals surface area contributed by atoms with Crippen LogP contribution in [0, 0.1) is 0 Å². The van der Waals surface area contributed by atoms with E-state index in [0.717, 1.165) is 10.8 Å². The fraction of sp³-hybridized carbons (Fsp3) is 0.176. The Labute approximate surface area is 131 Å². The topological polar surface area (TPSA) is 70.3 Å².